The Kier molecular flexibility index (Phi) is 9.25. The van der Waals surface area contributed by atoms with Crippen molar-refractivity contribution in [2.45, 2.75) is 45.3 Å². The van der Waals surface area contributed by atoms with Gasteiger partial charge < -0.3 is 25.7 Å². The van der Waals surface area contributed by atoms with Crippen LogP contribution < -0.4 is 15.4 Å². The number of anilines is 1. The Morgan fingerprint density at radius 1 is 1.23 bits per heavy atom. The SMILES string of the molecule is CC(C)N/C=C(\C=N)CCN1CCC(Oc2cccc(NC(=O)c3c(F)cc(F)cc3F)n2)CC1. The summed E-state index contributed by atoms with van der Waals surface area (Å²) in [5.74, 6) is -4.41. The van der Waals surface area contributed by atoms with Gasteiger partial charge in [0, 0.05) is 56.3 Å². The van der Waals surface area contributed by atoms with Gasteiger partial charge in [0.25, 0.3) is 5.91 Å². The predicted octanol–water partition coefficient (Wildman–Crippen LogP) is 4.52. The highest BCUT2D eigenvalue weighted by Gasteiger charge is 2.22. The molecule has 1 aliphatic rings. The van der Waals surface area contributed by atoms with E-state index < -0.39 is 28.9 Å². The number of pyridine rings is 1. The molecule has 7 nitrogen and oxygen atoms in total. The fourth-order valence-corrected chi connectivity index (χ4v) is 3.66. The molecule has 0 spiro atoms. The van der Waals surface area contributed by atoms with E-state index in [1.54, 1.807) is 12.1 Å². The molecular formula is C25H30F3N5O2. The van der Waals surface area contributed by atoms with Crippen LogP contribution in [0.2, 0.25) is 0 Å². The number of halogens is 3. The molecule has 1 amide bonds. The quantitative estimate of drug-likeness (QED) is 0.427. The molecule has 0 saturated carbocycles. The minimum Gasteiger partial charge on any atom is -0.474 e. The zero-order valence-electron chi connectivity index (χ0n) is 19.8. The average molecular weight is 490 g/mol. The maximum Gasteiger partial charge on any atom is 0.262 e. The minimum absolute atomic E-state index is 0.0583. The highest BCUT2D eigenvalue weighted by Crippen LogP contribution is 2.21. The number of piperidine rings is 1. The van der Waals surface area contributed by atoms with Crippen molar-refractivity contribution >= 4 is 17.9 Å². The minimum atomic E-state index is -1.29. The number of nitrogens with zero attached hydrogens (tertiary/aromatic N) is 2. The zero-order chi connectivity index (χ0) is 25.4. The van der Waals surface area contributed by atoms with Crippen molar-refractivity contribution in [2.24, 2.45) is 0 Å². The molecule has 1 aromatic carbocycles. The number of nitrogens with one attached hydrogen (secondary N) is 3. The third-order valence-electron chi connectivity index (χ3n) is 5.53. The van der Waals surface area contributed by atoms with Crippen molar-refractivity contribution in [3.63, 3.8) is 0 Å². The molecule has 1 aliphatic heterocycles. The molecule has 1 fully saturated rings. The molecule has 3 N–H and O–H groups in total. The summed E-state index contributed by atoms with van der Waals surface area (Å²) in [4.78, 5) is 18.8. The van der Waals surface area contributed by atoms with Crippen LogP contribution in [0.4, 0.5) is 19.0 Å². The lowest BCUT2D eigenvalue weighted by atomic mass is 10.1. The van der Waals surface area contributed by atoms with Crippen LogP contribution in [0.25, 0.3) is 0 Å². The number of carbonyl (C=O) groups excluding carboxylic acids is 1. The maximum absolute atomic E-state index is 13.9. The van der Waals surface area contributed by atoms with Crippen LogP contribution in [0.1, 0.15) is 43.5 Å². The number of hydrogen-bond donors (Lipinski definition) is 3. The molecule has 0 bridgehead atoms. The molecule has 188 valence electrons. The molecule has 2 heterocycles. The fourth-order valence-electron chi connectivity index (χ4n) is 3.66. The van der Waals surface area contributed by atoms with Gasteiger partial charge >= 0.3 is 0 Å². The Balaban J connectivity index is 1.51. The van der Waals surface area contributed by atoms with Crippen LogP contribution in [0, 0.1) is 22.9 Å². The van der Waals surface area contributed by atoms with Gasteiger partial charge in [-0.15, -0.1) is 0 Å². The second kappa shape index (κ2) is 12.3. The first kappa shape index (κ1) is 26.2. The van der Waals surface area contributed by atoms with E-state index in [1.165, 1.54) is 12.3 Å². The summed E-state index contributed by atoms with van der Waals surface area (Å²) in [6.07, 6.45) is 5.58. The molecule has 0 aliphatic carbocycles. The Morgan fingerprint density at radius 3 is 2.54 bits per heavy atom. The van der Waals surface area contributed by atoms with Gasteiger partial charge in [0.05, 0.1) is 0 Å². The van der Waals surface area contributed by atoms with Crippen molar-refractivity contribution in [1.82, 2.24) is 15.2 Å². The lowest BCUT2D eigenvalue weighted by Crippen LogP contribution is -2.39. The number of carbonyl (C=O) groups is 1. The molecular weight excluding hydrogens is 459 g/mol. The fraction of sp³-hybridized carbons (Fsp3) is 0.400. The molecule has 1 saturated heterocycles. The standard InChI is InChI=1S/C25H30F3N5O2/c1-16(2)30-15-17(14-29)6-9-33-10-7-19(8-11-33)35-23-5-3-4-22(31-23)32-25(34)24-20(27)12-18(26)13-21(24)28/h3-5,12-16,19,29-30H,6-11H2,1-2H3,(H,31,32,34)/b17-15-,29-14?. The summed E-state index contributed by atoms with van der Waals surface area (Å²) in [7, 11) is 0. The first-order valence-corrected chi connectivity index (χ1v) is 11.5. The molecule has 0 atom stereocenters. The smallest absolute Gasteiger partial charge is 0.262 e. The maximum atomic E-state index is 13.9. The number of likely N-dealkylation sites (tertiary alicyclic amines) is 1. The molecule has 10 heteroatoms. The summed E-state index contributed by atoms with van der Waals surface area (Å²) in [6.45, 7) is 6.63. The van der Waals surface area contributed by atoms with Gasteiger partial charge in [0.2, 0.25) is 5.88 Å². The second-order valence-corrected chi connectivity index (χ2v) is 8.65. The van der Waals surface area contributed by atoms with Crippen molar-refractivity contribution < 1.29 is 22.7 Å². The number of benzene rings is 1. The summed E-state index contributed by atoms with van der Waals surface area (Å²) in [5, 5.41) is 13.1. The summed E-state index contributed by atoms with van der Waals surface area (Å²) in [6, 6.07) is 5.94. The summed E-state index contributed by atoms with van der Waals surface area (Å²) < 4.78 is 46.8. The first-order chi connectivity index (χ1) is 16.7. The van der Waals surface area contributed by atoms with Crippen molar-refractivity contribution in [3.05, 3.63) is 65.1 Å². The first-order valence-electron chi connectivity index (χ1n) is 11.5. The molecule has 3 rings (SSSR count). The van der Waals surface area contributed by atoms with E-state index in [4.69, 9.17) is 10.1 Å². The van der Waals surface area contributed by atoms with Gasteiger partial charge in [-0.05, 0) is 44.7 Å². The van der Waals surface area contributed by atoms with Crippen LogP contribution in [-0.4, -0.2) is 53.8 Å². The highest BCUT2D eigenvalue weighted by atomic mass is 19.1. The van der Waals surface area contributed by atoms with E-state index in [9.17, 15) is 18.0 Å². The highest BCUT2D eigenvalue weighted by molar-refractivity contribution is 6.04. The predicted molar refractivity (Wildman–Crippen MR) is 128 cm³/mol. The van der Waals surface area contributed by atoms with Gasteiger partial charge in [-0.25, -0.2) is 13.2 Å². The molecule has 0 radical (unpaired) electrons. The van der Waals surface area contributed by atoms with Gasteiger partial charge in [-0.2, -0.15) is 4.98 Å². The van der Waals surface area contributed by atoms with Crippen LogP contribution in [0.3, 0.4) is 0 Å². The zero-order valence-corrected chi connectivity index (χ0v) is 19.8. The van der Waals surface area contributed by atoms with Gasteiger partial charge in [-0.3, -0.25) is 4.79 Å². The van der Waals surface area contributed by atoms with Gasteiger partial charge in [0.1, 0.15) is 34.9 Å². The van der Waals surface area contributed by atoms with E-state index >= 15 is 0 Å². The number of aromatic nitrogens is 1. The van der Waals surface area contributed by atoms with E-state index in [0.717, 1.165) is 44.5 Å². The monoisotopic (exact) mass is 489 g/mol. The molecule has 2 aromatic rings. The second-order valence-electron chi connectivity index (χ2n) is 8.65. The molecule has 1 aromatic heterocycles. The largest absolute Gasteiger partial charge is 0.474 e. The Hall–Kier alpha value is -3.40. The number of hydrogen-bond acceptors (Lipinski definition) is 6. The topological polar surface area (TPSA) is 90.3 Å². The summed E-state index contributed by atoms with van der Waals surface area (Å²) in [5.41, 5.74) is 0.0634. The number of ether oxygens (including phenoxy) is 1. The van der Waals surface area contributed by atoms with Gasteiger partial charge in [-0.1, -0.05) is 6.07 Å². The van der Waals surface area contributed by atoms with Crippen LogP contribution in [0.5, 0.6) is 5.88 Å². The summed E-state index contributed by atoms with van der Waals surface area (Å²) >= 11 is 0. The third-order valence-corrected chi connectivity index (χ3v) is 5.53. The normalized spacial score (nSPS) is 15.2. The van der Waals surface area contributed by atoms with Gasteiger partial charge in [0.15, 0.2) is 0 Å². The lowest BCUT2D eigenvalue weighted by molar-refractivity contribution is 0.0977. The van der Waals surface area contributed by atoms with Crippen LogP contribution in [-0.2, 0) is 0 Å². The lowest BCUT2D eigenvalue weighted by Gasteiger charge is -2.32. The average Bonchev–Trinajstić information content (AvgIpc) is 2.79. The third kappa shape index (κ3) is 7.81. The van der Waals surface area contributed by atoms with Crippen LogP contribution >= 0.6 is 0 Å². The molecule has 35 heavy (non-hydrogen) atoms. The number of rotatable bonds is 10. The van der Waals surface area contributed by atoms with Crippen molar-refractivity contribution in [3.8, 4) is 5.88 Å². The Bertz CT molecular complexity index is 1050. The Labute approximate surface area is 202 Å². The molecule has 0 unspecified atom stereocenters. The van der Waals surface area contributed by atoms with E-state index in [2.05, 4.69) is 20.5 Å². The van der Waals surface area contributed by atoms with E-state index in [0.29, 0.717) is 18.2 Å². The van der Waals surface area contributed by atoms with Crippen molar-refractivity contribution in [2.75, 3.05) is 25.0 Å². The number of amides is 1. The van der Waals surface area contributed by atoms with Crippen LogP contribution in [0.15, 0.2) is 42.1 Å². The Morgan fingerprint density at radius 2 is 1.91 bits per heavy atom. The van der Waals surface area contributed by atoms with E-state index in [-0.39, 0.29) is 17.8 Å². The van der Waals surface area contributed by atoms with E-state index in [1.807, 2.05) is 20.0 Å². The van der Waals surface area contributed by atoms with Crippen molar-refractivity contribution in [1.29, 1.82) is 5.41 Å².